The third-order valence-electron chi connectivity index (χ3n) is 4.46. The molecular formula is C19H22O2. The molecule has 0 radical (unpaired) electrons. The van der Waals surface area contributed by atoms with E-state index in [1.54, 1.807) is 0 Å². The zero-order chi connectivity index (χ0) is 14.9. The van der Waals surface area contributed by atoms with Crippen molar-refractivity contribution in [3.05, 3.63) is 65.2 Å². The Bertz CT molecular complexity index is 617. The summed E-state index contributed by atoms with van der Waals surface area (Å²) in [6.45, 7) is 4.90. The van der Waals surface area contributed by atoms with E-state index in [0.29, 0.717) is 0 Å². The number of ether oxygens (including phenoxy) is 1. The Labute approximate surface area is 126 Å². The average Bonchev–Trinajstić information content (AvgIpc) is 2.54. The zero-order valence-electron chi connectivity index (χ0n) is 12.7. The van der Waals surface area contributed by atoms with E-state index < -0.39 is 6.10 Å². The number of fused-ring (bicyclic) bond motifs is 1. The van der Waals surface area contributed by atoms with Gasteiger partial charge in [-0.3, -0.25) is 0 Å². The fourth-order valence-electron chi connectivity index (χ4n) is 3.04. The van der Waals surface area contributed by atoms with Crippen LogP contribution in [0.25, 0.3) is 0 Å². The minimum absolute atomic E-state index is 0.364. The van der Waals surface area contributed by atoms with E-state index in [1.165, 1.54) is 5.56 Å². The van der Waals surface area contributed by atoms with Crippen molar-refractivity contribution in [2.75, 3.05) is 6.61 Å². The topological polar surface area (TPSA) is 29.5 Å². The van der Waals surface area contributed by atoms with E-state index in [-0.39, 0.29) is 5.41 Å². The number of aliphatic hydroxyl groups excluding tert-OH is 1. The molecule has 2 aromatic carbocycles. The van der Waals surface area contributed by atoms with Crippen LogP contribution in [0, 0.1) is 0 Å². The predicted molar refractivity (Wildman–Crippen MR) is 84.7 cm³/mol. The Kier molecular flexibility index (Phi) is 3.73. The van der Waals surface area contributed by atoms with Gasteiger partial charge >= 0.3 is 0 Å². The highest BCUT2D eigenvalue weighted by Gasteiger charge is 2.33. The quantitative estimate of drug-likeness (QED) is 0.921. The maximum Gasteiger partial charge on any atom is 0.128 e. The van der Waals surface area contributed by atoms with Gasteiger partial charge in [-0.2, -0.15) is 0 Å². The van der Waals surface area contributed by atoms with Gasteiger partial charge in [0.05, 0.1) is 12.7 Å². The molecule has 2 nitrogen and oxygen atoms in total. The lowest BCUT2D eigenvalue weighted by atomic mass is 9.76. The summed E-state index contributed by atoms with van der Waals surface area (Å²) in [6, 6.07) is 16.3. The van der Waals surface area contributed by atoms with Gasteiger partial charge < -0.3 is 9.84 Å². The number of benzene rings is 2. The van der Waals surface area contributed by atoms with Crippen LogP contribution in [0.2, 0.25) is 0 Å². The number of hydrogen-bond donors (Lipinski definition) is 1. The summed E-state index contributed by atoms with van der Waals surface area (Å²) in [4.78, 5) is 0. The molecule has 0 aliphatic carbocycles. The van der Waals surface area contributed by atoms with Crippen LogP contribution >= 0.6 is 0 Å². The molecule has 0 spiro atoms. The Morgan fingerprint density at radius 3 is 2.57 bits per heavy atom. The van der Waals surface area contributed by atoms with Gasteiger partial charge in [0, 0.05) is 11.0 Å². The third kappa shape index (κ3) is 2.56. The summed E-state index contributed by atoms with van der Waals surface area (Å²) in [6.07, 6.45) is 1.49. The number of para-hydroxylation sites is 1. The number of rotatable bonds is 3. The second kappa shape index (κ2) is 5.53. The summed E-state index contributed by atoms with van der Waals surface area (Å²) < 4.78 is 5.85. The van der Waals surface area contributed by atoms with Crippen molar-refractivity contribution in [1.29, 1.82) is 0 Å². The van der Waals surface area contributed by atoms with Crippen molar-refractivity contribution in [3.63, 3.8) is 0 Å². The van der Waals surface area contributed by atoms with Crippen LogP contribution in [0.3, 0.4) is 0 Å². The van der Waals surface area contributed by atoms with Crippen molar-refractivity contribution in [2.45, 2.75) is 38.2 Å². The van der Waals surface area contributed by atoms with E-state index in [9.17, 15) is 5.11 Å². The van der Waals surface area contributed by atoms with Crippen molar-refractivity contribution in [1.82, 2.24) is 0 Å². The van der Waals surface area contributed by atoms with Crippen molar-refractivity contribution >= 4 is 0 Å². The molecular weight excluding hydrogens is 260 g/mol. The summed E-state index contributed by atoms with van der Waals surface area (Å²) in [5.74, 6) is 0.889. The first-order valence-corrected chi connectivity index (χ1v) is 7.59. The van der Waals surface area contributed by atoms with Crippen LogP contribution in [-0.4, -0.2) is 11.7 Å². The highest BCUT2D eigenvalue weighted by atomic mass is 16.5. The minimum atomic E-state index is -0.590. The summed E-state index contributed by atoms with van der Waals surface area (Å²) in [5.41, 5.74) is 2.88. The van der Waals surface area contributed by atoms with Crippen molar-refractivity contribution < 1.29 is 9.84 Å². The van der Waals surface area contributed by atoms with Crippen molar-refractivity contribution in [2.24, 2.45) is 0 Å². The molecule has 0 saturated carbocycles. The predicted octanol–water partition coefficient (Wildman–Crippen LogP) is 4.02. The van der Waals surface area contributed by atoms with E-state index in [1.807, 2.05) is 30.3 Å². The largest absolute Gasteiger partial charge is 0.493 e. The van der Waals surface area contributed by atoms with Crippen LogP contribution < -0.4 is 4.74 Å². The molecule has 1 N–H and O–H groups in total. The molecule has 1 aliphatic rings. The monoisotopic (exact) mass is 282 g/mol. The maximum absolute atomic E-state index is 11.0. The lowest BCUT2D eigenvalue weighted by Gasteiger charge is -2.33. The van der Waals surface area contributed by atoms with E-state index in [0.717, 1.165) is 36.3 Å². The van der Waals surface area contributed by atoms with E-state index in [2.05, 4.69) is 32.0 Å². The number of aliphatic hydroxyl groups is 1. The zero-order valence-corrected chi connectivity index (χ0v) is 12.7. The molecule has 2 aromatic rings. The van der Waals surface area contributed by atoms with Crippen LogP contribution in [0.4, 0.5) is 0 Å². The molecule has 3 rings (SSSR count). The minimum Gasteiger partial charge on any atom is -0.493 e. The van der Waals surface area contributed by atoms with Gasteiger partial charge in [-0.25, -0.2) is 0 Å². The fourth-order valence-corrected chi connectivity index (χ4v) is 3.04. The first-order chi connectivity index (χ1) is 10.1. The Morgan fingerprint density at radius 1 is 1.05 bits per heavy atom. The van der Waals surface area contributed by atoms with E-state index in [4.69, 9.17) is 4.74 Å². The Morgan fingerprint density at radius 2 is 1.81 bits per heavy atom. The average molecular weight is 282 g/mol. The van der Waals surface area contributed by atoms with Crippen LogP contribution in [0.5, 0.6) is 5.75 Å². The highest BCUT2D eigenvalue weighted by Crippen LogP contribution is 2.42. The van der Waals surface area contributed by atoms with Gasteiger partial charge in [0.15, 0.2) is 0 Å². The Hall–Kier alpha value is -1.80. The van der Waals surface area contributed by atoms with Crippen LogP contribution in [0.1, 0.15) is 43.1 Å². The molecule has 1 unspecified atom stereocenters. The van der Waals surface area contributed by atoms with Crippen LogP contribution in [-0.2, 0) is 11.8 Å². The standard InChI is InChI=1S/C19H22O2/c1-19(2,15-10-4-3-5-11-15)18(20)16-12-6-8-14-9-7-13-21-17(14)16/h3-6,8,10-12,18,20H,7,9,13H2,1-2H3. The smallest absolute Gasteiger partial charge is 0.128 e. The van der Waals surface area contributed by atoms with Gasteiger partial charge in [0.2, 0.25) is 0 Å². The molecule has 0 aromatic heterocycles. The summed E-state index contributed by atoms with van der Waals surface area (Å²) in [7, 11) is 0. The van der Waals surface area contributed by atoms with Gasteiger partial charge in [-0.15, -0.1) is 0 Å². The van der Waals surface area contributed by atoms with Gasteiger partial charge in [0.25, 0.3) is 0 Å². The molecule has 1 aliphatic heterocycles. The number of hydrogen-bond acceptors (Lipinski definition) is 2. The summed E-state index contributed by atoms with van der Waals surface area (Å²) >= 11 is 0. The van der Waals surface area contributed by atoms with Gasteiger partial charge in [0.1, 0.15) is 5.75 Å². The molecule has 1 heterocycles. The molecule has 2 heteroatoms. The SMILES string of the molecule is CC(C)(c1ccccc1)C(O)c1cccc2c1OCCC2. The Balaban J connectivity index is 2.01. The second-order valence-corrected chi connectivity index (χ2v) is 6.28. The normalized spacial score (nSPS) is 16.0. The van der Waals surface area contributed by atoms with E-state index >= 15 is 0 Å². The number of aryl methyl sites for hydroxylation is 1. The van der Waals surface area contributed by atoms with Gasteiger partial charge in [-0.05, 0) is 24.0 Å². The molecule has 0 fully saturated rings. The lowest BCUT2D eigenvalue weighted by Crippen LogP contribution is -2.28. The molecule has 0 bridgehead atoms. The molecule has 21 heavy (non-hydrogen) atoms. The first kappa shape index (κ1) is 14.2. The lowest BCUT2D eigenvalue weighted by molar-refractivity contribution is 0.0956. The molecule has 0 saturated heterocycles. The van der Waals surface area contributed by atoms with Crippen LogP contribution in [0.15, 0.2) is 48.5 Å². The fraction of sp³-hybridized carbons (Fsp3) is 0.368. The molecule has 1 atom stereocenters. The molecule has 110 valence electrons. The second-order valence-electron chi connectivity index (χ2n) is 6.28. The van der Waals surface area contributed by atoms with Gasteiger partial charge in [-0.1, -0.05) is 62.4 Å². The summed E-state index contributed by atoms with van der Waals surface area (Å²) in [5, 5.41) is 11.0. The third-order valence-corrected chi connectivity index (χ3v) is 4.46. The highest BCUT2D eigenvalue weighted by molar-refractivity contribution is 5.46. The maximum atomic E-state index is 11.0. The molecule has 0 amide bonds. The first-order valence-electron chi connectivity index (χ1n) is 7.59. The van der Waals surface area contributed by atoms with Crippen molar-refractivity contribution in [3.8, 4) is 5.75 Å².